The second kappa shape index (κ2) is 36.7. The molecule has 0 fully saturated rings. The van der Waals surface area contributed by atoms with Crippen molar-refractivity contribution in [2.75, 3.05) is 6.54 Å². The summed E-state index contributed by atoms with van der Waals surface area (Å²) in [5, 5.41) is 11.0. The molecule has 0 radical (unpaired) electrons. The van der Waals surface area contributed by atoms with Gasteiger partial charge in [-0.3, -0.25) is 14.4 Å². The molecule has 0 saturated carbocycles. The number of carboxylic acids is 1. The van der Waals surface area contributed by atoms with Gasteiger partial charge in [0.25, 0.3) is 0 Å². The van der Waals surface area contributed by atoms with Gasteiger partial charge < -0.3 is 15.2 Å². The lowest BCUT2D eigenvalue weighted by molar-refractivity contribution is -0.147. The molecule has 0 heterocycles. The van der Waals surface area contributed by atoms with Gasteiger partial charge in [0.15, 0.2) is 0 Å². The Kier molecular flexibility index (Phi) is 35.1. The highest BCUT2D eigenvalue weighted by molar-refractivity contribution is 5.80. The smallest absolute Gasteiger partial charge is 0.322 e. The van der Waals surface area contributed by atoms with Crippen molar-refractivity contribution in [3.8, 4) is 0 Å². The van der Waals surface area contributed by atoms with Crippen molar-refractivity contribution in [1.29, 1.82) is 0 Å². The van der Waals surface area contributed by atoms with Crippen LogP contribution in [0.1, 0.15) is 206 Å². The first-order valence-electron chi connectivity index (χ1n) is 20.0. The number of carbonyl (C=O) groups is 3. The van der Waals surface area contributed by atoms with Gasteiger partial charge in [-0.15, -0.1) is 0 Å². The minimum atomic E-state index is -1.03. The minimum Gasteiger partial charge on any atom is -0.480 e. The van der Waals surface area contributed by atoms with E-state index in [9.17, 15) is 14.4 Å². The average molecular weight is 662 g/mol. The van der Waals surface area contributed by atoms with Crippen molar-refractivity contribution < 1.29 is 24.2 Å². The molecular formula is C41H75NO5. The normalized spacial score (nSPS) is 12.2. The number of amides is 1. The van der Waals surface area contributed by atoms with Gasteiger partial charge >= 0.3 is 11.9 Å². The van der Waals surface area contributed by atoms with E-state index in [-0.39, 0.29) is 24.5 Å². The molecular weight excluding hydrogens is 586 g/mol. The second-order valence-electron chi connectivity index (χ2n) is 13.5. The largest absolute Gasteiger partial charge is 0.480 e. The quantitative estimate of drug-likeness (QED) is 0.0396. The van der Waals surface area contributed by atoms with Gasteiger partial charge in [-0.25, -0.2) is 0 Å². The highest BCUT2D eigenvalue weighted by Gasteiger charge is 2.12. The first-order valence-corrected chi connectivity index (χ1v) is 20.0. The molecule has 0 aromatic carbocycles. The summed E-state index contributed by atoms with van der Waals surface area (Å²) in [4.78, 5) is 34.8. The number of hydrogen-bond acceptors (Lipinski definition) is 4. The lowest BCUT2D eigenvalue weighted by Crippen LogP contribution is -2.28. The van der Waals surface area contributed by atoms with Crippen molar-refractivity contribution in [2.45, 2.75) is 213 Å². The third-order valence-corrected chi connectivity index (χ3v) is 8.84. The van der Waals surface area contributed by atoms with E-state index in [1.54, 1.807) is 0 Å². The van der Waals surface area contributed by atoms with Crippen LogP contribution in [0.25, 0.3) is 0 Å². The molecule has 1 unspecified atom stereocenters. The third-order valence-electron chi connectivity index (χ3n) is 8.84. The fourth-order valence-electron chi connectivity index (χ4n) is 5.88. The zero-order valence-electron chi connectivity index (χ0n) is 30.9. The van der Waals surface area contributed by atoms with E-state index in [0.29, 0.717) is 12.8 Å². The molecule has 0 aromatic rings. The van der Waals surface area contributed by atoms with Crippen molar-refractivity contribution in [1.82, 2.24) is 5.32 Å². The maximum atomic E-state index is 12.6. The van der Waals surface area contributed by atoms with Crippen LogP contribution in [0.15, 0.2) is 24.3 Å². The molecule has 0 bridgehead atoms. The van der Waals surface area contributed by atoms with Crippen LogP contribution in [-0.4, -0.2) is 35.6 Å². The number of carbonyl (C=O) groups excluding carboxylic acids is 2. The topological polar surface area (TPSA) is 92.7 Å². The number of ether oxygens (including phenoxy) is 1. The van der Waals surface area contributed by atoms with Gasteiger partial charge in [-0.2, -0.15) is 0 Å². The van der Waals surface area contributed by atoms with Gasteiger partial charge in [-0.1, -0.05) is 173 Å². The summed E-state index contributed by atoms with van der Waals surface area (Å²) in [6.07, 6.45) is 43.4. The Bertz CT molecular complexity index is 778. The summed E-state index contributed by atoms with van der Waals surface area (Å²) < 4.78 is 5.85. The summed E-state index contributed by atoms with van der Waals surface area (Å²) in [7, 11) is 0. The summed E-state index contributed by atoms with van der Waals surface area (Å²) in [6.45, 7) is 4.12. The molecule has 6 heteroatoms. The van der Waals surface area contributed by atoms with E-state index in [4.69, 9.17) is 9.84 Å². The van der Waals surface area contributed by atoms with Gasteiger partial charge in [0.2, 0.25) is 5.91 Å². The number of allylic oxidation sites excluding steroid dienone is 3. The molecule has 0 aliphatic carbocycles. The Balaban J connectivity index is 3.89. The van der Waals surface area contributed by atoms with Crippen LogP contribution < -0.4 is 5.32 Å². The molecule has 0 aromatic heterocycles. The Labute approximate surface area is 290 Å². The molecule has 2 N–H and O–H groups in total. The predicted molar refractivity (Wildman–Crippen MR) is 199 cm³/mol. The van der Waals surface area contributed by atoms with E-state index < -0.39 is 5.97 Å². The molecule has 47 heavy (non-hydrogen) atoms. The second-order valence-corrected chi connectivity index (χ2v) is 13.5. The summed E-state index contributed by atoms with van der Waals surface area (Å²) in [5.41, 5.74) is 0. The number of unbranched alkanes of at least 4 members (excludes halogenated alkanes) is 23. The molecule has 0 aliphatic heterocycles. The maximum Gasteiger partial charge on any atom is 0.322 e. The lowest BCUT2D eigenvalue weighted by Gasteiger charge is -2.14. The van der Waals surface area contributed by atoms with Crippen LogP contribution >= 0.6 is 0 Å². The Morgan fingerprint density at radius 2 is 1.04 bits per heavy atom. The Morgan fingerprint density at radius 3 is 1.53 bits per heavy atom. The molecule has 0 rings (SSSR count). The van der Waals surface area contributed by atoms with E-state index in [1.165, 1.54) is 116 Å². The molecule has 0 saturated heterocycles. The number of hydrogen-bond donors (Lipinski definition) is 2. The molecule has 274 valence electrons. The number of carboxylic acid groups (broad SMARTS) is 1. The molecule has 1 amide bonds. The lowest BCUT2D eigenvalue weighted by atomic mass is 10.0. The molecule has 0 spiro atoms. The van der Waals surface area contributed by atoms with Gasteiger partial charge in [0.1, 0.15) is 12.6 Å². The van der Waals surface area contributed by atoms with Gasteiger partial charge in [0.05, 0.1) is 0 Å². The summed E-state index contributed by atoms with van der Waals surface area (Å²) in [5.74, 6) is -1.35. The fraction of sp³-hybridized carbons (Fsp3) is 0.829. The Hall–Kier alpha value is -2.11. The highest BCUT2D eigenvalue weighted by Crippen LogP contribution is 2.16. The summed E-state index contributed by atoms with van der Waals surface area (Å²) in [6, 6.07) is 0. The molecule has 6 nitrogen and oxygen atoms in total. The van der Waals surface area contributed by atoms with E-state index >= 15 is 0 Å². The third kappa shape index (κ3) is 36.6. The standard InChI is InChI=1S/C41H75NO5/c1-3-5-7-9-11-12-13-14-15-16-17-18-19-20-21-22-23-24-26-32-36-41(46)47-38(33-29-25-10-8-6-4-2)34-30-27-28-31-35-39(43)42-37-40(44)45/h8,10,29,33,38H,3-7,9,11-28,30-32,34-37H2,1-2H3,(H,42,43)(H,44,45)/b10-8-,33-29-. The van der Waals surface area contributed by atoms with E-state index in [0.717, 1.165) is 64.2 Å². The SMILES string of the molecule is CCC/C=C\C/C=C\C(CCCCCCC(=O)NCC(=O)O)OC(=O)CCCCCCCCCCCCCCCCCCCCCC. The predicted octanol–water partition coefficient (Wildman–Crippen LogP) is 12.0. The monoisotopic (exact) mass is 662 g/mol. The number of esters is 1. The molecule has 1 atom stereocenters. The number of rotatable bonds is 36. The Morgan fingerprint density at radius 1 is 0.574 bits per heavy atom. The van der Waals surface area contributed by atoms with Gasteiger partial charge in [0, 0.05) is 12.8 Å². The maximum absolute atomic E-state index is 12.6. The first-order chi connectivity index (χ1) is 23.0. The van der Waals surface area contributed by atoms with Crippen molar-refractivity contribution in [3.05, 3.63) is 24.3 Å². The first kappa shape index (κ1) is 44.9. The number of aliphatic carboxylic acids is 1. The fourth-order valence-corrected chi connectivity index (χ4v) is 5.88. The van der Waals surface area contributed by atoms with Crippen LogP contribution in [-0.2, 0) is 19.1 Å². The van der Waals surface area contributed by atoms with Gasteiger partial charge in [-0.05, 0) is 44.6 Å². The molecule has 0 aliphatic rings. The van der Waals surface area contributed by atoms with Crippen molar-refractivity contribution in [3.63, 3.8) is 0 Å². The average Bonchev–Trinajstić information content (AvgIpc) is 3.05. The zero-order valence-corrected chi connectivity index (χ0v) is 30.9. The number of nitrogens with one attached hydrogen (secondary N) is 1. The van der Waals surface area contributed by atoms with Crippen molar-refractivity contribution in [2.24, 2.45) is 0 Å². The highest BCUT2D eigenvalue weighted by atomic mass is 16.5. The van der Waals surface area contributed by atoms with Crippen LogP contribution in [0.2, 0.25) is 0 Å². The van der Waals surface area contributed by atoms with E-state index in [2.05, 4.69) is 37.4 Å². The van der Waals surface area contributed by atoms with Crippen LogP contribution in [0.4, 0.5) is 0 Å². The summed E-state index contributed by atoms with van der Waals surface area (Å²) >= 11 is 0. The van der Waals surface area contributed by atoms with Crippen molar-refractivity contribution >= 4 is 17.8 Å². The van der Waals surface area contributed by atoms with Crippen LogP contribution in [0.5, 0.6) is 0 Å². The zero-order chi connectivity index (χ0) is 34.5. The van der Waals surface area contributed by atoms with Crippen LogP contribution in [0.3, 0.4) is 0 Å². The van der Waals surface area contributed by atoms with E-state index in [1.807, 2.05) is 6.08 Å². The minimum absolute atomic E-state index is 0.0984. The van der Waals surface area contributed by atoms with Crippen LogP contribution in [0, 0.1) is 0 Å².